The Balaban J connectivity index is 1.89. The molecule has 1 aromatic carbocycles. The van der Waals surface area contributed by atoms with Crippen LogP contribution in [0.15, 0.2) is 24.3 Å². The average molecular weight is 217 g/mol. The van der Waals surface area contributed by atoms with Crippen LogP contribution in [0.2, 0.25) is 0 Å². The summed E-state index contributed by atoms with van der Waals surface area (Å²) >= 11 is 0. The molecule has 1 fully saturated rings. The Morgan fingerprint density at radius 3 is 3.00 bits per heavy atom. The Bertz CT molecular complexity index is 526. The predicted octanol–water partition coefficient (Wildman–Crippen LogP) is 2.26. The van der Waals surface area contributed by atoms with E-state index >= 15 is 0 Å². The third-order valence-corrected chi connectivity index (χ3v) is 3.09. The fourth-order valence-corrected chi connectivity index (χ4v) is 1.91. The standard InChI is InChI=1S/C13H15NO2/c1-9-5-10-6-11(15-7-12-8-16-12)3-4-13(10)14(9)2/h3-6,12H,7-8H2,1-2H3. The van der Waals surface area contributed by atoms with E-state index in [-0.39, 0.29) is 0 Å². The van der Waals surface area contributed by atoms with Gasteiger partial charge in [-0.2, -0.15) is 0 Å². The summed E-state index contributed by atoms with van der Waals surface area (Å²) in [7, 11) is 2.08. The van der Waals surface area contributed by atoms with Gasteiger partial charge >= 0.3 is 0 Å². The van der Waals surface area contributed by atoms with E-state index in [0.717, 1.165) is 12.4 Å². The van der Waals surface area contributed by atoms with Crippen molar-refractivity contribution in [2.75, 3.05) is 13.2 Å². The first kappa shape index (κ1) is 9.73. The number of benzene rings is 1. The molecule has 0 aliphatic carbocycles. The number of nitrogens with zero attached hydrogens (tertiary/aromatic N) is 1. The van der Waals surface area contributed by atoms with Crippen molar-refractivity contribution >= 4 is 10.9 Å². The minimum Gasteiger partial charge on any atom is -0.491 e. The molecule has 1 unspecified atom stereocenters. The van der Waals surface area contributed by atoms with Crippen molar-refractivity contribution in [3.8, 4) is 5.75 Å². The van der Waals surface area contributed by atoms with Crippen LogP contribution in [0.3, 0.4) is 0 Å². The maximum Gasteiger partial charge on any atom is 0.120 e. The van der Waals surface area contributed by atoms with Crippen molar-refractivity contribution in [1.82, 2.24) is 4.57 Å². The van der Waals surface area contributed by atoms with E-state index in [0.29, 0.717) is 12.7 Å². The van der Waals surface area contributed by atoms with Gasteiger partial charge in [0.2, 0.25) is 0 Å². The van der Waals surface area contributed by atoms with E-state index < -0.39 is 0 Å². The number of rotatable bonds is 3. The van der Waals surface area contributed by atoms with Crippen molar-refractivity contribution < 1.29 is 9.47 Å². The molecular weight excluding hydrogens is 202 g/mol. The molecule has 1 aliphatic heterocycles. The lowest BCUT2D eigenvalue weighted by atomic mass is 10.2. The van der Waals surface area contributed by atoms with Crippen LogP contribution in [0.5, 0.6) is 5.75 Å². The maximum atomic E-state index is 5.65. The second-order valence-corrected chi connectivity index (χ2v) is 4.33. The number of fused-ring (bicyclic) bond motifs is 1. The summed E-state index contributed by atoms with van der Waals surface area (Å²) in [6.45, 7) is 3.61. The van der Waals surface area contributed by atoms with Gasteiger partial charge in [0.15, 0.2) is 0 Å². The lowest BCUT2D eigenvalue weighted by Gasteiger charge is -2.04. The molecule has 1 atom stereocenters. The van der Waals surface area contributed by atoms with Crippen LogP contribution in [0.25, 0.3) is 10.9 Å². The van der Waals surface area contributed by atoms with Gasteiger partial charge in [-0.15, -0.1) is 0 Å². The van der Waals surface area contributed by atoms with Gasteiger partial charge in [0.1, 0.15) is 18.5 Å². The Kier molecular flexibility index (Phi) is 2.14. The molecule has 3 rings (SSSR count). The first-order chi connectivity index (χ1) is 7.74. The van der Waals surface area contributed by atoms with E-state index in [1.165, 1.54) is 16.6 Å². The zero-order valence-electron chi connectivity index (χ0n) is 9.56. The minimum absolute atomic E-state index is 0.313. The van der Waals surface area contributed by atoms with Crippen molar-refractivity contribution in [1.29, 1.82) is 0 Å². The van der Waals surface area contributed by atoms with E-state index in [1.807, 2.05) is 6.07 Å². The third-order valence-electron chi connectivity index (χ3n) is 3.09. The van der Waals surface area contributed by atoms with Gasteiger partial charge in [0.25, 0.3) is 0 Å². The normalized spacial score (nSPS) is 19.0. The molecule has 3 heteroatoms. The quantitative estimate of drug-likeness (QED) is 0.737. The summed E-state index contributed by atoms with van der Waals surface area (Å²) in [5.41, 5.74) is 2.50. The van der Waals surface area contributed by atoms with Gasteiger partial charge in [-0.05, 0) is 31.2 Å². The van der Waals surface area contributed by atoms with Crippen LogP contribution >= 0.6 is 0 Å². The lowest BCUT2D eigenvalue weighted by molar-refractivity contribution is 0.263. The molecule has 0 spiro atoms. The lowest BCUT2D eigenvalue weighted by Crippen LogP contribution is -2.03. The number of aromatic nitrogens is 1. The Morgan fingerprint density at radius 2 is 2.25 bits per heavy atom. The van der Waals surface area contributed by atoms with Crippen LogP contribution in [0, 0.1) is 6.92 Å². The molecule has 16 heavy (non-hydrogen) atoms. The molecule has 0 saturated carbocycles. The van der Waals surface area contributed by atoms with E-state index in [4.69, 9.17) is 9.47 Å². The fourth-order valence-electron chi connectivity index (χ4n) is 1.91. The first-order valence-electron chi connectivity index (χ1n) is 5.54. The number of aryl methyl sites for hydroxylation is 2. The van der Waals surface area contributed by atoms with Crippen molar-refractivity contribution in [3.05, 3.63) is 30.0 Å². The van der Waals surface area contributed by atoms with Gasteiger partial charge < -0.3 is 14.0 Å². The smallest absolute Gasteiger partial charge is 0.120 e. The zero-order valence-corrected chi connectivity index (χ0v) is 9.56. The highest BCUT2D eigenvalue weighted by atomic mass is 16.6. The van der Waals surface area contributed by atoms with E-state index in [9.17, 15) is 0 Å². The fraction of sp³-hybridized carbons (Fsp3) is 0.385. The SMILES string of the molecule is Cc1cc2cc(OCC3CO3)ccc2n1C. The highest BCUT2D eigenvalue weighted by Crippen LogP contribution is 2.24. The van der Waals surface area contributed by atoms with Gasteiger partial charge in [0, 0.05) is 23.6 Å². The van der Waals surface area contributed by atoms with Gasteiger partial charge in [-0.3, -0.25) is 0 Å². The molecule has 0 N–H and O–H groups in total. The number of ether oxygens (including phenoxy) is 2. The summed E-state index contributed by atoms with van der Waals surface area (Å²) in [4.78, 5) is 0. The molecule has 84 valence electrons. The monoisotopic (exact) mass is 217 g/mol. The van der Waals surface area contributed by atoms with Crippen LogP contribution in [0.1, 0.15) is 5.69 Å². The van der Waals surface area contributed by atoms with Gasteiger partial charge in [0.05, 0.1) is 6.61 Å². The molecule has 1 aromatic heterocycles. The summed E-state index contributed by atoms with van der Waals surface area (Å²) in [5.74, 6) is 0.925. The Morgan fingerprint density at radius 1 is 1.44 bits per heavy atom. The second kappa shape index (κ2) is 3.52. The van der Waals surface area contributed by atoms with Gasteiger partial charge in [-0.25, -0.2) is 0 Å². The Hall–Kier alpha value is -1.48. The van der Waals surface area contributed by atoms with Crippen LogP contribution in [-0.2, 0) is 11.8 Å². The van der Waals surface area contributed by atoms with Crippen LogP contribution in [0.4, 0.5) is 0 Å². The molecule has 0 amide bonds. The number of epoxide rings is 1. The predicted molar refractivity (Wildman–Crippen MR) is 62.9 cm³/mol. The molecule has 0 bridgehead atoms. The summed E-state index contributed by atoms with van der Waals surface area (Å²) in [5, 5.41) is 1.23. The summed E-state index contributed by atoms with van der Waals surface area (Å²) < 4.78 is 12.9. The van der Waals surface area contributed by atoms with Crippen molar-refractivity contribution in [2.24, 2.45) is 7.05 Å². The van der Waals surface area contributed by atoms with Crippen LogP contribution in [-0.4, -0.2) is 23.9 Å². The number of hydrogen-bond donors (Lipinski definition) is 0. The van der Waals surface area contributed by atoms with Crippen molar-refractivity contribution in [2.45, 2.75) is 13.0 Å². The minimum atomic E-state index is 0.313. The zero-order chi connectivity index (χ0) is 11.1. The van der Waals surface area contributed by atoms with Crippen LogP contribution < -0.4 is 4.74 Å². The summed E-state index contributed by atoms with van der Waals surface area (Å²) in [6.07, 6.45) is 0.313. The average Bonchev–Trinajstić information content (AvgIpc) is 3.05. The van der Waals surface area contributed by atoms with E-state index in [2.05, 4.69) is 36.7 Å². The highest BCUT2D eigenvalue weighted by molar-refractivity contribution is 5.82. The molecule has 2 aromatic rings. The molecule has 2 heterocycles. The molecule has 1 saturated heterocycles. The Labute approximate surface area is 94.6 Å². The second-order valence-electron chi connectivity index (χ2n) is 4.33. The van der Waals surface area contributed by atoms with Gasteiger partial charge in [-0.1, -0.05) is 0 Å². The molecule has 1 aliphatic rings. The highest BCUT2D eigenvalue weighted by Gasteiger charge is 2.23. The van der Waals surface area contributed by atoms with Crippen molar-refractivity contribution in [3.63, 3.8) is 0 Å². The number of hydrogen-bond acceptors (Lipinski definition) is 2. The molecule has 0 radical (unpaired) electrons. The van der Waals surface area contributed by atoms with E-state index in [1.54, 1.807) is 0 Å². The third kappa shape index (κ3) is 1.67. The molecular formula is C13H15NO2. The maximum absolute atomic E-state index is 5.65. The summed E-state index contributed by atoms with van der Waals surface area (Å²) in [6, 6.07) is 8.39. The largest absolute Gasteiger partial charge is 0.491 e. The topological polar surface area (TPSA) is 26.7 Å². The first-order valence-corrected chi connectivity index (χ1v) is 5.54. The molecule has 3 nitrogen and oxygen atoms in total.